The van der Waals surface area contributed by atoms with E-state index in [0.29, 0.717) is 22.7 Å². The van der Waals surface area contributed by atoms with Gasteiger partial charge in [-0.3, -0.25) is 4.57 Å². The molecule has 1 aliphatic heterocycles. The molecule has 3 aromatic rings. The van der Waals surface area contributed by atoms with Gasteiger partial charge in [0.05, 0.1) is 18.6 Å². The highest BCUT2D eigenvalue weighted by atomic mass is 79.9. The van der Waals surface area contributed by atoms with Crippen molar-refractivity contribution in [3.05, 3.63) is 35.3 Å². The van der Waals surface area contributed by atoms with Gasteiger partial charge >= 0.3 is 0 Å². The number of anilines is 2. The minimum Gasteiger partial charge on any atom is -0.492 e. The number of hydrogen-bond donors (Lipinski definition) is 1. The summed E-state index contributed by atoms with van der Waals surface area (Å²) in [6, 6.07) is 7.77. The van der Waals surface area contributed by atoms with Crippen molar-refractivity contribution in [2.24, 2.45) is 0 Å². The lowest BCUT2D eigenvalue weighted by molar-refractivity contribution is -0.0298. The monoisotopic (exact) mass is 417 g/mol. The van der Waals surface area contributed by atoms with Crippen molar-refractivity contribution in [3.8, 4) is 5.75 Å². The number of halogens is 1. The Morgan fingerprint density at radius 3 is 3.00 bits per heavy atom. The summed E-state index contributed by atoms with van der Waals surface area (Å²) in [4.78, 5) is 13.5. The number of imidazole rings is 1. The van der Waals surface area contributed by atoms with Crippen molar-refractivity contribution in [2.75, 3.05) is 18.5 Å². The normalized spacial score (nSPS) is 17.4. The summed E-state index contributed by atoms with van der Waals surface area (Å²) < 4.78 is 14.1. The van der Waals surface area contributed by atoms with E-state index < -0.39 is 0 Å². The topological polar surface area (TPSA) is 74.1 Å². The summed E-state index contributed by atoms with van der Waals surface area (Å²) >= 11 is 3.41. The Bertz CT molecular complexity index is 908. The van der Waals surface area contributed by atoms with E-state index in [2.05, 4.69) is 36.2 Å². The largest absolute Gasteiger partial charge is 0.492 e. The Morgan fingerprint density at radius 2 is 2.19 bits per heavy atom. The Morgan fingerprint density at radius 1 is 1.31 bits per heavy atom. The molecule has 1 atom stereocenters. The predicted molar refractivity (Wildman–Crippen MR) is 103 cm³/mol. The van der Waals surface area contributed by atoms with E-state index >= 15 is 0 Å². The summed E-state index contributed by atoms with van der Waals surface area (Å²) in [5.74, 6) is 1.40. The second-order valence-corrected chi connectivity index (χ2v) is 6.75. The van der Waals surface area contributed by atoms with Gasteiger partial charge in [-0.1, -0.05) is 12.1 Å². The number of benzene rings is 1. The summed E-state index contributed by atoms with van der Waals surface area (Å²) in [5.41, 5.74) is 2.29. The third-order valence-corrected chi connectivity index (χ3v) is 4.65. The van der Waals surface area contributed by atoms with Gasteiger partial charge in [0.25, 0.3) is 0 Å². The van der Waals surface area contributed by atoms with Crippen LogP contribution in [-0.4, -0.2) is 32.7 Å². The Labute approximate surface area is 159 Å². The molecule has 1 aromatic carbocycles. The summed E-state index contributed by atoms with van der Waals surface area (Å²) in [7, 11) is 0. The van der Waals surface area contributed by atoms with Crippen LogP contribution in [0.3, 0.4) is 0 Å². The van der Waals surface area contributed by atoms with Crippen LogP contribution in [0.4, 0.5) is 11.5 Å². The quantitative estimate of drug-likeness (QED) is 0.618. The van der Waals surface area contributed by atoms with Crippen LogP contribution in [0.2, 0.25) is 0 Å². The van der Waals surface area contributed by atoms with Crippen molar-refractivity contribution in [1.82, 2.24) is 19.5 Å². The van der Waals surface area contributed by atoms with E-state index in [1.54, 1.807) is 6.33 Å². The third-order valence-electron chi connectivity index (χ3n) is 4.30. The molecular weight excluding hydrogens is 398 g/mol. The number of fused-ring (bicyclic) bond motifs is 1. The highest BCUT2D eigenvalue weighted by Crippen LogP contribution is 2.32. The molecule has 8 heteroatoms. The zero-order valence-corrected chi connectivity index (χ0v) is 16.1. The maximum absolute atomic E-state index is 5.89. The predicted octanol–water partition coefficient (Wildman–Crippen LogP) is 4.43. The number of nitrogens with zero attached hydrogens (tertiary/aromatic N) is 4. The standard InChI is InChI=1S/C18H20BrN5O2/c1-2-25-13-8-4-3-7-12(13)21-16-15-17(23-18(19)22-16)24(11-20-15)14-9-5-6-10-26-14/h3-4,7-8,11,14H,2,5-6,9-10H2,1H3,(H,21,22,23). The van der Waals surface area contributed by atoms with Crippen LogP contribution < -0.4 is 10.1 Å². The molecule has 1 saturated heterocycles. The first-order chi connectivity index (χ1) is 12.8. The van der Waals surface area contributed by atoms with Gasteiger partial charge in [0.15, 0.2) is 17.0 Å². The van der Waals surface area contributed by atoms with E-state index in [4.69, 9.17) is 9.47 Å². The van der Waals surface area contributed by atoms with Crippen molar-refractivity contribution in [2.45, 2.75) is 32.4 Å². The number of nitrogens with one attached hydrogen (secondary N) is 1. The van der Waals surface area contributed by atoms with Gasteiger partial charge in [-0.25, -0.2) is 15.0 Å². The average Bonchev–Trinajstić information content (AvgIpc) is 3.08. The van der Waals surface area contributed by atoms with Gasteiger partial charge in [-0.15, -0.1) is 0 Å². The molecule has 0 aliphatic carbocycles. The van der Waals surface area contributed by atoms with Gasteiger partial charge in [-0.2, -0.15) is 0 Å². The summed E-state index contributed by atoms with van der Waals surface area (Å²) in [6.45, 7) is 3.32. The molecule has 4 rings (SSSR count). The molecule has 0 saturated carbocycles. The van der Waals surface area contributed by atoms with Crippen LogP contribution in [0.1, 0.15) is 32.4 Å². The van der Waals surface area contributed by atoms with E-state index in [1.807, 2.05) is 35.8 Å². The molecule has 26 heavy (non-hydrogen) atoms. The minimum atomic E-state index is -0.0286. The number of rotatable bonds is 5. The maximum Gasteiger partial charge on any atom is 0.200 e. The second-order valence-electron chi connectivity index (χ2n) is 6.04. The van der Waals surface area contributed by atoms with Crippen LogP contribution in [0, 0.1) is 0 Å². The van der Waals surface area contributed by atoms with E-state index in [-0.39, 0.29) is 6.23 Å². The molecule has 0 bridgehead atoms. The first-order valence-electron chi connectivity index (χ1n) is 8.77. The van der Waals surface area contributed by atoms with Crippen LogP contribution in [0.15, 0.2) is 35.3 Å². The first kappa shape index (κ1) is 17.2. The van der Waals surface area contributed by atoms with Crippen LogP contribution in [0.25, 0.3) is 11.2 Å². The lowest BCUT2D eigenvalue weighted by atomic mass is 10.2. The molecule has 2 aromatic heterocycles. The van der Waals surface area contributed by atoms with Gasteiger partial charge in [0.1, 0.15) is 12.0 Å². The smallest absolute Gasteiger partial charge is 0.200 e. The van der Waals surface area contributed by atoms with Crippen LogP contribution in [-0.2, 0) is 4.74 Å². The molecule has 0 radical (unpaired) electrons. The summed E-state index contributed by atoms with van der Waals surface area (Å²) in [6.07, 6.45) is 4.95. The maximum atomic E-state index is 5.89. The van der Waals surface area contributed by atoms with Crippen molar-refractivity contribution in [1.29, 1.82) is 0 Å². The molecular formula is C18H20BrN5O2. The van der Waals surface area contributed by atoms with Crippen molar-refractivity contribution < 1.29 is 9.47 Å². The zero-order valence-electron chi connectivity index (χ0n) is 14.5. The molecule has 1 aliphatic rings. The number of ether oxygens (including phenoxy) is 2. The number of para-hydroxylation sites is 2. The van der Waals surface area contributed by atoms with E-state index in [9.17, 15) is 0 Å². The zero-order chi connectivity index (χ0) is 17.9. The van der Waals surface area contributed by atoms with Crippen molar-refractivity contribution in [3.63, 3.8) is 0 Å². The highest BCUT2D eigenvalue weighted by Gasteiger charge is 2.21. The number of hydrogen-bond acceptors (Lipinski definition) is 6. The lowest BCUT2D eigenvalue weighted by Crippen LogP contribution is -2.17. The second kappa shape index (κ2) is 7.59. The van der Waals surface area contributed by atoms with Crippen LogP contribution >= 0.6 is 15.9 Å². The molecule has 1 unspecified atom stereocenters. The fourth-order valence-corrected chi connectivity index (χ4v) is 3.46. The SMILES string of the molecule is CCOc1ccccc1Nc1nc(Br)nc2c1ncn2C1CCCCO1. The lowest BCUT2D eigenvalue weighted by Gasteiger charge is -2.23. The van der Waals surface area contributed by atoms with Crippen molar-refractivity contribution >= 4 is 38.6 Å². The molecule has 7 nitrogen and oxygen atoms in total. The first-order valence-corrected chi connectivity index (χ1v) is 9.56. The van der Waals surface area contributed by atoms with E-state index in [0.717, 1.165) is 43.0 Å². The molecule has 0 amide bonds. The molecule has 1 N–H and O–H groups in total. The molecule has 3 heterocycles. The Kier molecular flexibility index (Phi) is 5.03. The van der Waals surface area contributed by atoms with Gasteiger partial charge in [-0.05, 0) is 54.2 Å². The fourth-order valence-electron chi connectivity index (χ4n) is 3.11. The molecule has 136 valence electrons. The van der Waals surface area contributed by atoms with Crippen LogP contribution in [0.5, 0.6) is 5.75 Å². The summed E-state index contributed by atoms with van der Waals surface area (Å²) in [5, 5.41) is 3.33. The number of aromatic nitrogens is 4. The van der Waals surface area contributed by atoms with Gasteiger partial charge in [0, 0.05) is 6.61 Å². The fraction of sp³-hybridized carbons (Fsp3) is 0.389. The molecule has 0 spiro atoms. The Balaban J connectivity index is 1.73. The highest BCUT2D eigenvalue weighted by molar-refractivity contribution is 9.10. The van der Waals surface area contributed by atoms with E-state index in [1.165, 1.54) is 0 Å². The van der Waals surface area contributed by atoms with Gasteiger partial charge in [0.2, 0.25) is 4.73 Å². The van der Waals surface area contributed by atoms with Gasteiger partial charge < -0.3 is 14.8 Å². The Hall–Kier alpha value is -2.19. The average molecular weight is 418 g/mol. The minimum absolute atomic E-state index is 0.0286. The molecule has 1 fully saturated rings. The third kappa shape index (κ3) is 3.39.